The average molecular weight is 293 g/mol. The van der Waals surface area contributed by atoms with Crippen molar-refractivity contribution in [3.05, 3.63) is 27.0 Å². The largest absolute Gasteiger partial charge is 0.275 e. The molecule has 0 aromatic carbocycles. The van der Waals surface area contributed by atoms with Gasteiger partial charge in [0.1, 0.15) is 5.69 Å². The number of aromatic nitrogens is 2. The van der Waals surface area contributed by atoms with Gasteiger partial charge in [0.2, 0.25) is 0 Å². The van der Waals surface area contributed by atoms with E-state index in [0.717, 1.165) is 10.0 Å². The molecule has 2 rings (SSSR count). The molecule has 0 unspecified atom stereocenters. The second kappa shape index (κ2) is 4.02. The quantitative estimate of drug-likeness (QED) is 0.822. The lowest BCUT2D eigenvalue weighted by Gasteiger charge is -1.98. The summed E-state index contributed by atoms with van der Waals surface area (Å²) < 4.78 is 27.6. The molecule has 0 fully saturated rings. The highest BCUT2D eigenvalue weighted by atomic mass is 79.9. The van der Waals surface area contributed by atoms with Crippen molar-refractivity contribution >= 4 is 27.3 Å². The van der Waals surface area contributed by atoms with Gasteiger partial charge >= 0.3 is 0 Å². The number of thiophene rings is 1. The Morgan fingerprint density at radius 3 is 2.73 bits per heavy atom. The van der Waals surface area contributed by atoms with Crippen LogP contribution in [0.25, 0.3) is 11.3 Å². The van der Waals surface area contributed by atoms with Crippen LogP contribution in [0.1, 0.15) is 12.0 Å². The second-order valence-electron chi connectivity index (χ2n) is 3.04. The predicted octanol–water partition coefficient (Wildman–Crippen LogP) is 3.85. The SMILES string of the molecule is Cn1cc(C(F)F)c(-c2cscc2Br)n1. The van der Waals surface area contributed by atoms with Crippen molar-refractivity contribution in [2.24, 2.45) is 7.05 Å². The van der Waals surface area contributed by atoms with Crippen molar-refractivity contribution in [1.82, 2.24) is 9.78 Å². The van der Waals surface area contributed by atoms with E-state index in [9.17, 15) is 8.78 Å². The summed E-state index contributed by atoms with van der Waals surface area (Å²) in [4.78, 5) is 0. The van der Waals surface area contributed by atoms with E-state index < -0.39 is 6.43 Å². The molecule has 0 aliphatic heterocycles. The molecule has 2 heterocycles. The van der Waals surface area contributed by atoms with Crippen LogP contribution in [0.5, 0.6) is 0 Å². The summed E-state index contributed by atoms with van der Waals surface area (Å²) in [6, 6.07) is 0. The van der Waals surface area contributed by atoms with Crippen molar-refractivity contribution in [1.29, 1.82) is 0 Å². The number of nitrogens with zero attached hydrogens (tertiary/aromatic N) is 2. The van der Waals surface area contributed by atoms with E-state index in [1.54, 1.807) is 12.4 Å². The van der Waals surface area contributed by atoms with Gasteiger partial charge in [0, 0.05) is 34.0 Å². The van der Waals surface area contributed by atoms with Gasteiger partial charge in [-0.25, -0.2) is 8.78 Å². The van der Waals surface area contributed by atoms with E-state index in [-0.39, 0.29) is 5.56 Å². The Hall–Kier alpha value is -0.750. The monoisotopic (exact) mass is 292 g/mol. The maximum atomic E-state index is 12.7. The van der Waals surface area contributed by atoms with Crippen molar-refractivity contribution in [3.63, 3.8) is 0 Å². The summed E-state index contributed by atoms with van der Waals surface area (Å²) in [7, 11) is 1.63. The fourth-order valence-electron chi connectivity index (χ4n) is 1.33. The van der Waals surface area contributed by atoms with Crippen LogP contribution >= 0.6 is 27.3 Å². The molecule has 0 saturated carbocycles. The average Bonchev–Trinajstić information content (AvgIpc) is 2.71. The summed E-state index contributed by atoms with van der Waals surface area (Å²) >= 11 is 4.76. The highest BCUT2D eigenvalue weighted by molar-refractivity contribution is 9.10. The Labute approximate surface area is 97.7 Å². The van der Waals surface area contributed by atoms with Gasteiger partial charge in [-0.15, -0.1) is 0 Å². The minimum absolute atomic E-state index is 0.0309. The van der Waals surface area contributed by atoms with Crippen LogP contribution in [-0.4, -0.2) is 9.78 Å². The van der Waals surface area contributed by atoms with Crippen LogP contribution in [-0.2, 0) is 7.05 Å². The van der Waals surface area contributed by atoms with E-state index >= 15 is 0 Å². The molecule has 0 spiro atoms. The van der Waals surface area contributed by atoms with Crippen molar-refractivity contribution in [2.45, 2.75) is 6.43 Å². The minimum atomic E-state index is -2.50. The smallest absolute Gasteiger partial charge is 0.267 e. The highest BCUT2D eigenvalue weighted by Crippen LogP contribution is 2.36. The molecule has 0 amide bonds. The van der Waals surface area contributed by atoms with Gasteiger partial charge in [0.05, 0.1) is 5.56 Å². The summed E-state index contributed by atoms with van der Waals surface area (Å²) in [6.07, 6.45) is -1.15. The third-order valence-corrected chi connectivity index (χ3v) is 3.66. The maximum absolute atomic E-state index is 12.7. The molecule has 6 heteroatoms. The minimum Gasteiger partial charge on any atom is -0.275 e. The lowest BCUT2D eigenvalue weighted by atomic mass is 10.1. The summed E-state index contributed by atoms with van der Waals surface area (Å²) in [6.45, 7) is 0. The Morgan fingerprint density at radius 1 is 1.47 bits per heavy atom. The van der Waals surface area contributed by atoms with E-state index in [2.05, 4.69) is 21.0 Å². The number of halogens is 3. The molecule has 2 aromatic heterocycles. The van der Waals surface area contributed by atoms with Crippen LogP contribution in [0.3, 0.4) is 0 Å². The predicted molar refractivity (Wildman–Crippen MR) is 59.2 cm³/mol. The molecule has 0 atom stereocenters. The lowest BCUT2D eigenvalue weighted by Crippen LogP contribution is -1.87. The molecule has 0 aliphatic carbocycles. The Morgan fingerprint density at radius 2 is 2.20 bits per heavy atom. The fourth-order valence-corrected chi connectivity index (χ4v) is 2.79. The van der Waals surface area contributed by atoms with Gasteiger partial charge in [-0.3, -0.25) is 4.68 Å². The molecule has 0 aliphatic rings. The summed E-state index contributed by atoms with van der Waals surface area (Å²) in [5.41, 5.74) is 1.04. The van der Waals surface area contributed by atoms with Gasteiger partial charge in [-0.05, 0) is 15.9 Å². The first-order valence-electron chi connectivity index (χ1n) is 4.13. The summed E-state index contributed by atoms with van der Waals surface area (Å²) in [5, 5.41) is 7.70. The number of aryl methyl sites for hydroxylation is 1. The molecule has 2 nitrogen and oxygen atoms in total. The van der Waals surface area contributed by atoms with Crippen molar-refractivity contribution in [3.8, 4) is 11.3 Å². The first-order chi connectivity index (χ1) is 7.09. The fraction of sp³-hybridized carbons (Fsp3) is 0.222. The van der Waals surface area contributed by atoms with E-state index in [0.29, 0.717) is 5.69 Å². The number of hydrogen-bond donors (Lipinski definition) is 0. The van der Waals surface area contributed by atoms with Crippen LogP contribution < -0.4 is 0 Å². The highest BCUT2D eigenvalue weighted by Gasteiger charge is 2.20. The molecule has 0 N–H and O–H groups in total. The maximum Gasteiger partial charge on any atom is 0.267 e. The first kappa shape index (κ1) is 10.8. The lowest BCUT2D eigenvalue weighted by molar-refractivity contribution is 0.152. The van der Waals surface area contributed by atoms with Crippen molar-refractivity contribution < 1.29 is 8.78 Å². The molecule has 0 saturated heterocycles. The topological polar surface area (TPSA) is 17.8 Å². The number of alkyl halides is 2. The molecule has 2 aromatic rings. The number of hydrogen-bond acceptors (Lipinski definition) is 2. The molecule has 80 valence electrons. The Kier molecular flexibility index (Phi) is 2.88. The Bertz CT molecular complexity index is 478. The van der Waals surface area contributed by atoms with Crippen LogP contribution in [0.15, 0.2) is 21.4 Å². The van der Waals surface area contributed by atoms with E-state index in [1.165, 1.54) is 22.2 Å². The van der Waals surface area contributed by atoms with Gasteiger partial charge < -0.3 is 0 Å². The zero-order chi connectivity index (χ0) is 11.0. The zero-order valence-corrected chi connectivity index (χ0v) is 10.1. The van der Waals surface area contributed by atoms with Gasteiger partial charge in [0.25, 0.3) is 6.43 Å². The normalized spacial score (nSPS) is 11.3. The summed E-state index contributed by atoms with van der Waals surface area (Å²) in [5.74, 6) is 0. The van der Waals surface area contributed by atoms with Gasteiger partial charge in [0.15, 0.2) is 0 Å². The van der Waals surface area contributed by atoms with Gasteiger partial charge in [-0.1, -0.05) is 0 Å². The molecular weight excluding hydrogens is 286 g/mol. The van der Waals surface area contributed by atoms with Gasteiger partial charge in [-0.2, -0.15) is 16.4 Å². The Balaban J connectivity index is 2.57. The van der Waals surface area contributed by atoms with Crippen molar-refractivity contribution in [2.75, 3.05) is 0 Å². The van der Waals surface area contributed by atoms with Crippen LogP contribution in [0.2, 0.25) is 0 Å². The van der Waals surface area contributed by atoms with Crippen LogP contribution in [0, 0.1) is 0 Å². The third kappa shape index (κ3) is 1.96. The van der Waals surface area contributed by atoms with E-state index in [4.69, 9.17) is 0 Å². The third-order valence-electron chi connectivity index (χ3n) is 1.96. The molecule has 15 heavy (non-hydrogen) atoms. The first-order valence-corrected chi connectivity index (χ1v) is 5.87. The molecular formula is C9H7BrF2N2S. The van der Waals surface area contributed by atoms with Crippen LogP contribution in [0.4, 0.5) is 8.78 Å². The molecule has 0 radical (unpaired) electrons. The standard InChI is InChI=1S/C9H7BrF2N2S/c1-14-2-5(9(11)12)8(13-14)6-3-15-4-7(6)10/h2-4,9H,1H3. The second-order valence-corrected chi connectivity index (χ2v) is 4.64. The zero-order valence-electron chi connectivity index (χ0n) is 7.75. The number of rotatable bonds is 2. The molecule has 0 bridgehead atoms. The van der Waals surface area contributed by atoms with E-state index in [1.807, 2.05) is 5.38 Å².